The Morgan fingerprint density at radius 3 is 2.50 bits per heavy atom. The van der Waals surface area contributed by atoms with Crippen LogP contribution in [0.1, 0.15) is 33.1 Å². The third-order valence-corrected chi connectivity index (χ3v) is 4.42. The van der Waals surface area contributed by atoms with Gasteiger partial charge in [-0.3, -0.25) is 0 Å². The fourth-order valence-electron chi connectivity index (χ4n) is 3.89. The van der Waals surface area contributed by atoms with Crippen molar-refractivity contribution in [1.29, 1.82) is 0 Å². The van der Waals surface area contributed by atoms with Gasteiger partial charge in [0, 0.05) is 17.8 Å². The summed E-state index contributed by atoms with van der Waals surface area (Å²) in [6.07, 6.45) is 4.23. The van der Waals surface area contributed by atoms with E-state index in [1.807, 2.05) is 0 Å². The predicted molar refractivity (Wildman–Crippen MR) is 68.7 cm³/mol. The zero-order valence-electron chi connectivity index (χ0n) is 10.3. The van der Waals surface area contributed by atoms with Crippen molar-refractivity contribution >= 4 is 5.69 Å². The molecule has 3 rings (SSSR count). The maximum absolute atomic E-state index is 2.67. The van der Waals surface area contributed by atoms with Crippen molar-refractivity contribution in [3.63, 3.8) is 0 Å². The average Bonchev–Trinajstić information content (AvgIpc) is 2.74. The van der Waals surface area contributed by atoms with E-state index in [2.05, 4.69) is 49.1 Å². The summed E-state index contributed by atoms with van der Waals surface area (Å²) < 4.78 is 0. The van der Waals surface area contributed by atoms with E-state index < -0.39 is 0 Å². The van der Waals surface area contributed by atoms with Gasteiger partial charge in [0.15, 0.2) is 0 Å². The summed E-state index contributed by atoms with van der Waals surface area (Å²) in [4.78, 5) is 2.67. The van der Waals surface area contributed by atoms with Crippen LogP contribution in [0.25, 0.3) is 0 Å². The van der Waals surface area contributed by atoms with Crippen LogP contribution in [-0.4, -0.2) is 12.1 Å². The summed E-state index contributed by atoms with van der Waals surface area (Å²) in [5.74, 6) is 1.87. The van der Waals surface area contributed by atoms with Gasteiger partial charge in [0.2, 0.25) is 0 Å². The third kappa shape index (κ3) is 1.53. The summed E-state index contributed by atoms with van der Waals surface area (Å²) in [7, 11) is 0. The van der Waals surface area contributed by atoms with Crippen LogP contribution in [0.2, 0.25) is 0 Å². The molecule has 2 aliphatic rings. The monoisotopic (exact) mass is 215 g/mol. The molecule has 1 saturated heterocycles. The standard InChI is InChI=1S/C15H21N/c1-11-8-13-10-12(2)16(15(13)9-11)14-6-4-3-5-7-14/h3-7,11-13,15H,8-10H2,1-2H3. The van der Waals surface area contributed by atoms with Gasteiger partial charge in [-0.25, -0.2) is 0 Å². The molecule has 1 aromatic rings. The molecule has 1 heterocycles. The van der Waals surface area contributed by atoms with Gasteiger partial charge in [0.25, 0.3) is 0 Å². The number of nitrogens with zero attached hydrogens (tertiary/aromatic N) is 1. The number of hydrogen-bond donors (Lipinski definition) is 0. The molecule has 1 aliphatic carbocycles. The highest BCUT2D eigenvalue weighted by atomic mass is 15.2. The topological polar surface area (TPSA) is 3.24 Å². The first-order chi connectivity index (χ1) is 7.75. The van der Waals surface area contributed by atoms with Crippen LogP contribution >= 0.6 is 0 Å². The van der Waals surface area contributed by atoms with Gasteiger partial charge in [0.05, 0.1) is 0 Å². The average molecular weight is 215 g/mol. The van der Waals surface area contributed by atoms with Gasteiger partial charge < -0.3 is 4.90 Å². The molecule has 0 amide bonds. The SMILES string of the molecule is CC1CC2CC(C)N(c3ccccc3)C2C1. The van der Waals surface area contributed by atoms with Crippen molar-refractivity contribution < 1.29 is 0 Å². The quantitative estimate of drug-likeness (QED) is 0.690. The number of para-hydroxylation sites is 1. The second-order valence-electron chi connectivity index (χ2n) is 5.73. The van der Waals surface area contributed by atoms with Crippen molar-refractivity contribution in [1.82, 2.24) is 0 Å². The fourth-order valence-corrected chi connectivity index (χ4v) is 3.89. The molecule has 1 aliphatic heterocycles. The Hall–Kier alpha value is -0.980. The second-order valence-corrected chi connectivity index (χ2v) is 5.73. The summed E-state index contributed by atoms with van der Waals surface area (Å²) >= 11 is 0. The predicted octanol–water partition coefficient (Wildman–Crippen LogP) is 3.70. The molecular formula is C15H21N. The molecule has 1 heteroatoms. The van der Waals surface area contributed by atoms with Crippen LogP contribution in [0.4, 0.5) is 5.69 Å². The van der Waals surface area contributed by atoms with Crippen molar-refractivity contribution in [3.05, 3.63) is 30.3 Å². The van der Waals surface area contributed by atoms with Gasteiger partial charge in [-0.15, -0.1) is 0 Å². The number of rotatable bonds is 1. The summed E-state index contributed by atoms with van der Waals surface area (Å²) in [6.45, 7) is 4.79. The Balaban J connectivity index is 1.89. The first-order valence-electron chi connectivity index (χ1n) is 6.59. The molecule has 4 unspecified atom stereocenters. The first kappa shape index (κ1) is 10.2. The lowest BCUT2D eigenvalue weighted by Gasteiger charge is -2.30. The van der Waals surface area contributed by atoms with E-state index in [0.717, 1.165) is 23.9 Å². The van der Waals surface area contributed by atoms with Gasteiger partial charge >= 0.3 is 0 Å². The number of hydrogen-bond acceptors (Lipinski definition) is 1. The molecule has 1 aromatic carbocycles. The van der Waals surface area contributed by atoms with E-state index in [1.54, 1.807) is 0 Å². The van der Waals surface area contributed by atoms with Crippen LogP contribution in [0.15, 0.2) is 30.3 Å². The van der Waals surface area contributed by atoms with Crippen LogP contribution in [0.3, 0.4) is 0 Å². The lowest BCUT2D eigenvalue weighted by atomic mass is 10.0. The molecule has 1 saturated carbocycles. The number of fused-ring (bicyclic) bond motifs is 1. The summed E-state index contributed by atoms with van der Waals surface area (Å²) in [6, 6.07) is 12.5. The third-order valence-electron chi connectivity index (χ3n) is 4.42. The van der Waals surface area contributed by atoms with Crippen LogP contribution in [0.5, 0.6) is 0 Å². The zero-order chi connectivity index (χ0) is 11.1. The molecule has 0 spiro atoms. The Morgan fingerprint density at radius 2 is 1.75 bits per heavy atom. The van der Waals surface area contributed by atoms with Crippen LogP contribution < -0.4 is 4.90 Å². The van der Waals surface area contributed by atoms with Crippen LogP contribution in [0, 0.1) is 11.8 Å². The van der Waals surface area contributed by atoms with Gasteiger partial charge in [0.1, 0.15) is 0 Å². The molecular weight excluding hydrogens is 194 g/mol. The number of benzene rings is 1. The van der Waals surface area contributed by atoms with E-state index in [-0.39, 0.29) is 0 Å². The molecule has 0 aromatic heterocycles. The molecule has 0 N–H and O–H groups in total. The maximum atomic E-state index is 2.67. The highest BCUT2D eigenvalue weighted by Gasteiger charge is 2.43. The molecule has 4 atom stereocenters. The molecule has 0 bridgehead atoms. The highest BCUT2D eigenvalue weighted by molar-refractivity contribution is 5.50. The van der Waals surface area contributed by atoms with Crippen molar-refractivity contribution in [2.45, 2.75) is 45.2 Å². The minimum Gasteiger partial charge on any atom is -0.366 e. The largest absolute Gasteiger partial charge is 0.366 e. The Labute approximate surface area is 98.5 Å². The molecule has 86 valence electrons. The highest BCUT2D eigenvalue weighted by Crippen LogP contribution is 2.45. The van der Waals surface area contributed by atoms with Gasteiger partial charge in [-0.2, -0.15) is 0 Å². The molecule has 1 nitrogen and oxygen atoms in total. The van der Waals surface area contributed by atoms with E-state index in [1.165, 1.54) is 24.9 Å². The Kier molecular flexibility index (Phi) is 2.42. The van der Waals surface area contributed by atoms with E-state index in [4.69, 9.17) is 0 Å². The van der Waals surface area contributed by atoms with Crippen molar-refractivity contribution in [2.75, 3.05) is 4.90 Å². The molecule has 16 heavy (non-hydrogen) atoms. The van der Waals surface area contributed by atoms with E-state index >= 15 is 0 Å². The smallest absolute Gasteiger partial charge is 0.0371 e. The van der Waals surface area contributed by atoms with Crippen molar-refractivity contribution in [3.8, 4) is 0 Å². The lowest BCUT2D eigenvalue weighted by molar-refractivity contribution is 0.501. The number of anilines is 1. The van der Waals surface area contributed by atoms with E-state index in [0.29, 0.717) is 0 Å². The van der Waals surface area contributed by atoms with Crippen molar-refractivity contribution in [2.24, 2.45) is 11.8 Å². The fraction of sp³-hybridized carbons (Fsp3) is 0.600. The summed E-state index contributed by atoms with van der Waals surface area (Å²) in [5.41, 5.74) is 1.43. The van der Waals surface area contributed by atoms with Gasteiger partial charge in [-0.1, -0.05) is 25.1 Å². The minimum atomic E-state index is 0.727. The second kappa shape index (κ2) is 3.80. The summed E-state index contributed by atoms with van der Waals surface area (Å²) in [5, 5.41) is 0. The maximum Gasteiger partial charge on any atom is 0.0371 e. The zero-order valence-corrected chi connectivity index (χ0v) is 10.3. The molecule has 2 fully saturated rings. The van der Waals surface area contributed by atoms with Gasteiger partial charge in [-0.05, 0) is 50.2 Å². The Bertz CT molecular complexity index is 359. The molecule has 0 radical (unpaired) electrons. The van der Waals surface area contributed by atoms with E-state index in [9.17, 15) is 0 Å². The Morgan fingerprint density at radius 1 is 1.00 bits per heavy atom. The van der Waals surface area contributed by atoms with Crippen LogP contribution in [-0.2, 0) is 0 Å². The lowest BCUT2D eigenvalue weighted by Crippen LogP contribution is -2.34. The minimum absolute atomic E-state index is 0.727. The normalized spacial score (nSPS) is 37.8. The first-order valence-corrected chi connectivity index (χ1v) is 6.59.